The second kappa shape index (κ2) is 7.39. The number of aryl methyl sites for hydroxylation is 2. The first kappa shape index (κ1) is 18.9. The molecule has 0 unspecified atom stereocenters. The van der Waals surface area contributed by atoms with Crippen molar-refractivity contribution in [2.75, 3.05) is 0 Å². The van der Waals surface area contributed by atoms with E-state index in [4.69, 9.17) is 0 Å². The molecule has 0 aliphatic rings. The average molecular weight is 430 g/mol. The summed E-state index contributed by atoms with van der Waals surface area (Å²) in [4.78, 5) is 0. The third kappa shape index (κ3) is 3.28. The number of benzene rings is 2. The Bertz CT molecular complexity index is 752. The zero-order chi connectivity index (χ0) is 13.6. The van der Waals surface area contributed by atoms with Crippen LogP contribution in [0.2, 0.25) is 0 Å². The average Bonchev–Trinajstić information content (AvgIpc) is 2.79. The first-order valence-corrected chi connectivity index (χ1v) is 6.82. The Morgan fingerprint density at radius 3 is 2.00 bits per heavy atom. The summed E-state index contributed by atoms with van der Waals surface area (Å²) in [5.74, 6) is 0. The Hall–Kier alpha value is -0.184. The monoisotopic (exact) mass is 427 g/mol. The van der Waals surface area contributed by atoms with Crippen LogP contribution in [0.4, 0.5) is 0 Å². The van der Waals surface area contributed by atoms with Gasteiger partial charge in [-0.25, -0.2) is 0 Å². The third-order valence-electron chi connectivity index (χ3n) is 4.27. The van der Waals surface area contributed by atoms with Gasteiger partial charge in [-0.05, 0) is 19.4 Å². The molecule has 0 aromatic heterocycles. The van der Waals surface area contributed by atoms with Crippen LogP contribution in [0, 0.1) is 27.7 Å². The Morgan fingerprint density at radius 2 is 1.38 bits per heavy atom. The molecule has 2 heteroatoms. The zero-order valence-electron chi connectivity index (χ0n) is 13.0. The van der Waals surface area contributed by atoms with Crippen molar-refractivity contribution in [2.45, 2.75) is 27.7 Å². The predicted octanol–water partition coefficient (Wildman–Crippen LogP) is 5.45. The van der Waals surface area contributed by atoms with Gasteiger partial charge in [0.1, 0.15) is 0 Å². The minimum Gasteiger partial charge on any atom is -0.165 e. The normalized spacial score (nSPS) is 10.1. The molecule has 0 N–H and O–H groups in total. The Labute approximate surface area is 165 Å². The van der Waals surface area contributed by atoms with Crippen molar-refractivity contribution in [3.63, 3.8) is 0 Å². The molecule has 0 nitrogen and oxygen atoms in total. The summed E-state index contributed by atoms with van der Waals surface area (Å²) in [6.45, 7) is 8.89. The van der Waals surface area contributed by atoms with Crippen LogP contribution in [0.5, 0.6) is 0 Å². The molecule has 0 saturated carbocycles. The molecule has 0 atom stereocenters. The van der Waals surface area contributed by atoms with Gasteiger partial charge < -0.3 is 0 Å². The van der Waals surface area contributed by atoms with E-state index in [-0.39, 0.29) is 52.4 Å². The molecule has 0 fully saturated rings. The summed E-state index contributed by atoms with van der Waals surface area (Å²) in [5.41, 5.74) is 8.30. The minimum atomic E-state index is 0. The largest absolute Gasteiger partial charge is 0.165 e. The van der Waals surface area contributed by atoms with Crippen molar-refractivity contribution < 1.29 is 52.4 Å². The minimum absolute atomic E-state index is 0. The van der Waals surface area contributed by atoms with E-state index in [1.807, 2.05) is 0 Å². The summed E-state index contributed by atoms with van der Waals surface area (Å²) >= 11 is 0. The number of fused-ring (bicyclic) bond motifs is 1. The van der Waals surface area contributed by atoms with Crippen LogP contribution in [-0.2, 0) is 52.4 Å². The van der Waals surface area contributed by atoms with Gasteiger partial charge in [0.15, 0.2) is 0 Å². The van der Waals surface area contributed by atoms with Crippen LogP contribution in [0.25, 0.3) is 21.9 Å². The van der Waals surface area contributed by atoms with Gasteiger partial charge in [-0.1, -0.05) is 60.9 Å². The Morgan fingerprint density at radius 1 is 0.762 bits per heavy atom. The van der Waals surface area contributed by atoms with Crippen molar-refractivity contribution in [1.82, 2.24) is 0 Å². The fourth-order valence-electron chi connectivity index (χ4n) is 3.02. The summed E-state index contributed by atoms with van der Waals surface area (Å²) < 4.78 is 0. The molecule has 21 heavy (non-hydrogen) atoms. The van der Waals surface area contributed by atoms with Crippen LogP contribution < -0.4 is 0 Å². The van der Waals surface area contributed by atoms with Gasteiger partial charge in [0.05, 0.1) is 0 Å². The second-order valence-corrected chi connectivity index (χ2v) is 5.48. The molecule has 0 bridgehead atoms. The molecule has 0 aliphatic heterocycles. The molecule has 0 amide bonds. The van der Waals surface area contributed by atoms with E-state index < -0.39 is 0 Å². The van der Waals surface area contributed by atoms with Gasteiger partial charge >= 0.3 is 0 Å². The Kier molecular flexibility index (Phi) is 6.64. The van der Waals surface area contributed by atoms with Crippen LogP contribution in [0.3, 0.4) is 0 Å². The summed E-state index contributed by atoms with van der Waals surface area (Å²) in [5, 5.41) is 2.80. The van der Waals surface area contributed by atoms with Gasteiger partial charge in [0, 0.05) is 52.4 Å². The van der Waals surface area contributed by atoms with Crippen LogP contribution in [-0.4, -0.2) is 0 Å². The first-order valence-electron chi connectivity index (χ1n) is 6.82. The van der Waals surface area contributed by atoms with E-state index in [0.29, 0.717) is 0 Å². The van der Waals surface area contributed by atoms with Crippen LogP contribution >= 0.6 is 0 Å². The van der Waals surface area contributed by atoms with E-state index >= 15 is 0 Å². The van der Waals surface area contributed by atoms with Gasteiger partial charge in [0.2, 0.25) is 0 Å². The first-order chi connectivity index (χ1) is 9.09. The number of hydrogen-bond acceptors (Lipinski definition) is 0. The van der Waals surface area contributed by atoms with Gasteiger partial charge in [0.25, 0.3) is 0 Å². The maximum absolute atomic E-state index is 2.32. The van der Waals surface area contributed by atoms with Crippen molar-refractivity contribution in [3.8, 4) is 11.1 Å². The van der Waals surface area contributed by atoms with E-state index in [1.54, 1.807) is 0 Å². The quantitative estimate of drug-likeness (QED) is 0.451. The molecule has 3 aromatic rings. The summed E-state index contributed by atoms with van der Waals surface area (Å²) in [7, 11) is 0. The standard InChI is InChI=1S/C19H19.2Zr/c1-12-10-17-14(3)13(2)15(4)19(18(17)11-12)16-8-6-5-7-9-16;;/h5-11H,1-4H3;;/q-1;;. The fraction of sp³-hybridized carbons (Fsp3) is 0.211. The van der Waals surface area contributed by atoms with E-state index in [0.717, 1.165) is 0 Å². The molecule has 0 spiro atoms. The second-order valence-electron chi connectivity index (χ2n) is 5.48. The maximum atomic E-state index is 2.32. The van der Waals surface area contributed by atoms with Crippen molar-refractivity contribution in [2.24, 2.45) is 0 Å². The van der Waals surface area contributed by atoms with Crippen molar-refractivity contribution >= 4 is 10.8 Å². The number of hydrogen-bond donors (Lipinski definition) is 0. The van der Waals surface area contributed by atoms with Crippen molar-refractivity contribution in [3.05, 3.63) is 64.7 Å². The maximum Gasteiger partial charge on any atom is 0 e. The van der Waals surface area contributed by atoms with Crippen LogP contribution in [0.1, 0.15) is 22.3 Å². The number of rotatable bonds is 1. The smallest absolute Gasteiger partial charge is 0 e. The molecule has 3 rings (SSSR count). The molecule has 104 valence electrons. The molecule has 0 heterocycles. The zero-order valence-corrected chi connectivity index (χ0v) is 18.0. The topological polar surface area (TPSA) is 0 Å². The molecular formula is C19H19Zr2-. The van der Waals surface area contributed by atoms with E-state index in [9.17, 15) is 0 Å². The van der Waals surface area contributed by atoms with E-state index in [1.165, 1.54) is 44.2 Å². The van der Waals surface area contributed by atoms with Crippen molar-refractivity contribution in [1.29, 1.82) is 0 Å². The van der Waals surface area contributed by atoms with E-state index in [2.05, 4.69) is 70.2 Å². The summed E-state index contributed by atoms with van der Waals surface area (Å²) in [6.07, 6.45) is 0. The molecule has 3 aromatic carbocycles. The van der Waals surface area contributed by atoms with Crippen LogP contribution in [0.15, 0.2) is 42.5 Å². The molecular weight excluding hydrogens is 411 g/mol. The SMILES string of the molecule is Cc1cc2c(-c3ccccc3)c(C)c(C)c(C)c2[cH-]1.[Zr].[Zr]. The predicted molar refractivity (Wildman–Crippen MR) is 83.9 cm³/mol. The summed E-state index contributed by atoms with van der Waals surface area (Å²) in [6, 6.07) is 15.4. The van der Waals surface area contributed by atoms with Gasteiger partial charge in [-0.2, -0.15) is 6.07 Å². The van der Waals surface area contributed by atoms with Gasteiger partial charge in [-0.15, -0.1) is 28.0 Å². The fourth-order valence-corrected chi connectivity index (χ4v) is 3.02. The third-order valence-corrected chi connectivity index (χ3v) is 4.27. The van der Waals surface area contributed by atoms with Gasteiger partial charge in [-0.3, -0.25) is 0 Å². The molecule has 0 radical (unpaired) electrons. The molecule has 0 aliphatic carbocycles. The Balaban J connectivity index is 0.00000110. The molecule has 0 saturated heterocycles.